The third-order valence-electron chi connectivity index (χ3n) is 4.75. The summed E-state index contributed by atoms with van der Waals surface area (Å²) in [7, 11) is 1.60. The van der Waals surface area contributed by atoms with Crippen molar-refractivity contribution in [2.45, 2.75) is 25.7 Å². The van der Waals surface area contributed by atoms with Gasteiger partial charge in [0.25, 0.3) is 5.91 Å². The Labute approximate surface area is 170 Å². The van der Waals surface area contributed by atoms with E-state index in [4.69, 9.17) is 9.15 Å². The molecule has 1 aliphatic heterocycles. The van der Waals surface area contributed by atoms with Gasteiger partial charge in [-0.15, -0.1) is 0 Å². The number of benzene rings is 1. The van der Waals surface area contributed by atoms with Crippen LogP contribution in [-0.2, 0) is 9.59 Å². The van der Waals surface area contributed by atoms with E-state index in [-0.39, 0.29) is 17.5 Å². The molecular weight excluding hydrogens is 368 g/mol. The molecule has 29 heavy (non-hydrogen) atoms. The highest BCUT2D eigenvalue weighted by Gasteiger charge is 2.21. The number of furan rings is 1. The maximum absolute atomic E-state index is 13.0. The normalized spacial score (nSPS) is 15.2. The molecular formula is C23H26N2O4. The Kier molecular flexibility index (Phi) is 7.28. The highest BCUT2D eigenvalue weighted by Crippen LogP contribution is 2.15. The quantitative estimate of drug-likeness (QED) is 0.755. The molecule has 1 saturated heterocycles. The van der Waals surface area contributed by atoms with Crippen LogP contribution in [0.5, 0.6) is 5.75 Å². The van der Waals surface area contributed by atoms with E-state index in [1.807, 2.05) is 24.3 Å². The predicted molar refractivity (Wildman–Crippen MR) is 112 cm³/mol. The lowest BCUT2D eigenvalue weighted by molar-refractivity contribution is -0.128. The monoisotopic (exact) mass is 394 g/mol. The molecule has 6 heteroatoms. The molecule has 1 aromatic heterocycles. The van der Waals surface area contributed by atoms with Crippen LogP contribution >= 0.6 is 0 Å². The zero-order chi connectivity index (χ0) is 20.5. The Morgan fingerprint density at radius 2 is 1.79 bits per heavy atom. The average Bonchev–Trinajstić information content (AvgIpc) is 3.10. The van der Waals surface area contributed by atoms with Crippen molar-refractivity contribution in [3.05, 3.63) is 65.8 Å². The summed E-state index contributed by atoms with van der Waals surface area (Å²) in [5.74, 6) is 0.706. The predicted octanol–water partition coefficient (Wildman–Crippen LogP) is 3.86. The molecule has 0 atom stereocenters. The first kappa shape index (κ1) is 20.5. The van der Waals surface area contributed by atoms with Gasteiger partial charge in [0.2, 0.25) is 5.91 Å². The highest BCUT2D eigenvalue weighted by molar-refractivity contribution is 6.04. The summed E-state index contributed by atoms with van der Waals surface area (Å²) in [6.07, 6.45) is 10.4. The fourth-order valence-corrected chi connectivity index (χ4v) is 3.17. The molecule has 152 valence electrons. The first-order valence-electron chi connectivity index (χ1n) is 9.83. The van der Waals surface area contributed by atoms with Crippen molar-refractivity contribution in [3.63, 3.8) is 0 Å². The van der Waals surface area contributed by atoms with Crippen LogP contribution in [0.2, 0.25) is 0 Å². The molecule has 0 aliphatic carbocycles. The Morgan fingerprint density at radius 3 is 2.41 bits per heavy atom. The number of amides is 2. The van der Waals surface area contributed by atoms with E-state index < -0.39 is 0 Å². The minimum Gasteiger partial charge on any atom is -0.497 e. The second-order valence-electron chi connectivity index (χ2n) is 6.88. The topological polar surface area (TPSA) is 71.8 Å². The van der Waals surface area contributed by atoms with Crippen molar-refractivity contribution in [1.29, 1.82) is 0 Å². The molecule has 3 rings (SSSR count). The lowest BCUT2D eigenvalue weighted by Gasteiger charge is -2.21. The summed E-state index contributed by atoms with van der Waals surface area (Å²) < 4.78 is 10.5. The number of methoxy groups -OCH3 is 1. The number of ether oxygens (including phenoxy) is 1. The summed E-state index contributed by atoms with van der Waals surface area (Å²) in [6.45, 7) is 1.40. The fraction of sp³-hybridized carbons (Fsp3) is 0.304. The Bertz CT molecular complexity index is 859. The van der Waals surface area contributed by atoms with Gasteiger partial charge in [-0.3, -0.25) is 9.59 Å². The molecule has 2 aromatic rings. The van der Waals surface area contributed by atoms with Crippen LogP contribution in [0.1, 0.15) is 37.0 Å². The molecule has 1 aliphatic rings. The summed E-state index contributed by atoms with van der Waals surface area (Å²) in [5, 5.41) is 2.73. The first-order valence-corrected chi connectivity index (χ1v) is 9.83. The van der Waals surface area contributed by atoms with Gasteiger partial charge in [0.1, 0.15) is 17.2 Å². The van der Waals surface area contributed by atoms with Crippen LogP contribution in [0.3, 0.4) is 0 Å². The van der Waals surface area contributed by atoms with Crippen LogP contribution in [0, 0.1) is 0 Å². The second kappa shape index (κ2) is 10.3. The molecule has 2 amide bonds. The number of carbonyl (C=O) groups excluding carboxylic acids is 2. The van der Waals surface area contributed by atoms with Gasteiger partial charge in [0.05, 0.1) is 13.4 Å². The maximum Gasteiger partial charge on any atom is 0.270 e. The summed E-state index contributed by atoms with van der Waals surface area (Å²) >= 11 is 0. The zero-order valence-corrected chi connectivity index (χ0v) is 16.6. The minimum absolute atomic E-state index is 0.186. The summed E-state index contributed by atoms with van der Waals surface area (Å²) in [4.78, 5) is 27.3. The van der Waals surface area contributed by atoms with Gasteiger partial charge in [0, 0.05) is 25.2 Å². The number of nitrogens with zero attached hydrogens (tertiary/aromatic N) is 1. The number of nitrogens with one attached hydrogen (secondary N) is 1. The van der Waals surface area contributed by atoms with Crippen molar-refractivity contribution in [3.8, 4) is 5.75 Å². The number of hydrogen-bond donors (Lipinski definition) is 1. The van der Waals surface area contributed by atoms with E-state index in [9.17, 15) is 9.59 Å². The lowest BCUT2D eigenvalue weighted by atomic mass is 10.2. The Morgan fingerprint density at radius 1 is 1.07 bits per heavy atom. The van der Waals surface area contributed by atoms with Crippen molar-refractivity contribution < 1.29 is 18.7 Å². The third kappa shape index (κ3) is 6.10. The number of rotatable bonds is 6. The van der Waals surface area contributed by atoms with Gasteiger partial charge in [0.15, 0.2) is 0 Å². The van der Waals surface area contributed by atoms with E-state index in [0.29, 0.717) is 18.8 Å². The van der Waals surface area contributed by atoms with E-state index >= 15 is 0 Å². The Hall–Kier alpha value is -3.28. The van der Waals surface area contributed by atoms with Crippen molar-refractivity contribution in [1.82, 2.24) is 10.2 Å². The maximum atomic E-state index is 13.0. The van der Waals surface area contributed by atoms with Crippen LogP contribution in [-0.4, -0.2) is 36.9 Å². The van der Waals surface area contributed by atoms with Crippen molar-refractivity contribution in [2.24, 2.45) is 0 Å². The number of hydrogen-bond acceptors (Lipinski definition) is 4. The van der Waals surface area contributed by atoms with E-state index in [0.717, 1.165) is 37.0 Å². The second-order valence-corrected chi connectivity index (χ2v) is 6.88. The molecule has 0 spiro atoms. The highest BCUT2D eigenvalue weighted by atomic mass is 16.5. The number of carbonyl (C=O) groups is 2. The number of likely N-dealkylation sites (tertiary alicyclic amines) is 1. The molecule has 0 saturated carbocycles. The summed E-state index contributed by atoms with van der Waals surface area (Å²) in [5.41, 5.74) is 1.07. The fourth-order valence-electron chi connectivity index (χ4n) is 3.17. The molecule has 1 fully saturated rings. The minimum atomic E-state index is -0.373. The van der Waals surface area contributed by atoms with Crippen LogP contribution < -0.4 is 10.1 Å². The van der Waals surface area contributed by atoms with Gasteiger partial charge in [-0.1, -0.05) is 25.0 Å². The lowest BCUT2D eigenvalue weighted by Crippen LogP contribution is -2.38. The van der Waals surface area contributed by atoms with Crippen LogP contribution in [0.4, 0.5) is 0 Å². The van der Waals surface area contributed by atoms with Crippen molar-refractivity contribution in [2.75, 3.05) is 20.2 Å². The standard InChI is InChI=1S/C23H26N2O4/c1-28-19-11-8-18(9-12-19)10-13-22(26)24-21(17-20-7-6-16-29-20)23(27)25-14-4-2-3-5-15-25/h6-13,16-17H,2-5,14-15H2,1H3,(H,24,26)/b13-10+,21-17-. The molecule has 1 aromatic carbocycles. The molecule has 0 bridgehead atoms. The van der Waals surface area contributed by atoms with Gasteiger partial charge in [-0.2, -0.15) is 0 Å². The smallest absolute Gasteiger partial charge is 0.270 e. The van der Waals surface area contributed by atoms with Crippen molar-refractivity contribution >= 4 is 24.0 Å². The largest absolute Gasteiger partial charge is 0.497 e. The summed E-state index contributed by atoms with van der Waals surface area (Å²) in [6, 6.07) is 10.8. The molecule has 6 nitrogen and oxygen atoms in total. The average molecular weight is 394 g/mol. The SMILES string of the molecule is COc1ccc(/C=C/C(=O)N/C(=C\c2ccco2)C(=O)N2CCCCCC2)cc1. The zero-order valence-electron chi connectivity index (χ0n) is 16.6. The van der Waals surface area contributed by atoms with Gasteiger partial charge in [-0.25, -0.2) is 0 Å². The van der Waals surface area contributed by atoms with Crippen LogP contribution in [0.25, 0.3) is 12.2 Å². The molecule has 0 radical (unpaired) electrons. The van der Waals surface area contributed by atoms with Gasteiger partial charge >= 0.3 is 0 Å². The van der Waals surface area contributed by atoms with E-state index in [1.54, 1.807) is 36.3 Å². The first-order chi connectivity index (χ1) is 14.2. The van der Waals surface area contributed by atoms with Crippen LogP contribution in [0.15, 0.2) is 58.9 Å². The molecule has 2 heterocycles. The molecule has 0 unspecified atom stereocenters. The van der Waals surface area contributed by atoms with Gasteiger partial charge < -0.3 is 19.4 Å². The van der Waals surface area contributed by atoms with E-state index in [2.05, 4.69) is 5.32 Å². The molecule has 1 N–H and O–H groups in total. The third-order valence-corrected chi connectivity index (χ3v) is 4.75. The van der Waals surface area contributed by atoms with E-state index in [1.165, 1.54) is 12.3 Å². The van der Waals surface area contributed by atoms with Gasteiger partial charge in [-0.05, 0) is 48.7 Å². The Balaban J connectivity index is 1.72.